The van der Waals surface area contributed by atoms with E-state index in [2.05, 4.69) is 0 Å². The molecule has 0 spiro atoms. The van der Waals surface area contributed by atoms with E-state index in [1.165, 1.54) is 0 Å². The van der Waals surface area contributed by atoms with Crippen molar-refractivity contribution < 1.29 is 18.0 Å². The van der Waals surface area contributed by atoms with Crippen molar-refractivity contribution in [1.29, 1.82) is 0 Å². The molecule has 118 valence electrons. The van der Waals surface area contributed by atoms with E-state index in [9.17, 15) is 18.0 Å². The molecule has 0 aliphatic carbocycles. The molecule has 0 aliphatic heterocycles. The van der Waals surface area contributed by atoms with Gasteiger partial charge in [-0.1, -0.05) is 44.2 Å². The van der Waals surface area contributed by atoms with Crippen LogP contribution < -0.4 is 5.73 Å². The molecule has 3 nitrogen and oxygen atoms in total. The number of carbonyl (C=O) groups excluding carboxylic acids is 1. The fraction of sp³-hybridized carbons (Fsp3) is 0.533. The molecule has 0 unspecified atom stereocenters. The van der Waals surface area contributed by atoms with Crippen LogP contribution in [0.5, 0.6) is 0 Å². The number of halogens is 3. The zero-order chi connectivity index (χ0) is 16.0. The normalized spacial score (nSPS) is 13.3. The summed E-state index contributed by atoms with van der Waals surface area (Å²) in [6.45, 7) is 2.31. The third kappa shape index (κ3) is 6.62. The number of nitrogens with two attached hydrogens (primary N) is 1. The lowest BCUT2D eigenvalue weighted by molar-refractivity contribution is -0.162. The summed E-state index contributed by atoms with van der Waals surface area (Å²) >= 11 is 0. The van der Waals surface area contributed by atoms with E-state index >= 15 is 0 Å². The Balaban J connectivity index is 2.74. The maximum Gasteiger partial charge on any atom is 0.406 e. The van der Waals surface area contributed by atoms with Crippen molar-refractivity contribution >= 4 is 5.91 Å². The molecule has 6 heteroatoms. The number of alkyl halides is 3. The topological polar surface area (TPSA) is 46.3 Å². The van der Waals surface area contributed by atoms with Gasteiger partial charge in [-0.3, -0.25) is 4.79 Å². The van der Waals surface area contributed by atoms with Crippen LogP contribution in [0.15, 0.2) is 30.3 Å². The number of amides is 1. The van der Waals surface area contributed by atoms with Gasteiger partial charge in [0, 0.05) is 6.54 Å². The summed E-state index contributed by atoms with van der Waals surface area (Å²) in [4.78, 5) is 13.0. The first-order valence-electron chi connectivity index (χ1n) is 6.84. The van der Waals surface area contributed by atoms with Crippen molar-refractivity contribution in [3.63, 3.8) is 0 Å². The van der Waals surface area contributed by atoms with E-state index in [-0.39, 0.29) is 18.9 Å². The lowest BCUT2D eigenvalue weighted by Gasteiger charge is -2.28. The molecule has 1 aromatic carbocycles. The molecule has 0 fully saturated rings. The average Bonchev–Trinajstić information content (AvgIpc) is 2.36. The summed E-state index contributed by atoms with van der Waals surface area (Å²) in [6.07, 6.45) is -4.19. The maximum absolute atomic E-state index is 12.6. The summed E-state index contributed by atoms with van der Waals surface area (Å²) in [5.41, 5.74) is 6.61. The van der Waals surface area contributed by atoms with Gasteiger partial charge in [-0.2, -0.15) is 13.2 Å². The van der Waals surface area contributed by atoms with Crippen LogP contribution in [-0.4, -0.2) is 36.1 Å². The molecular formula is C15H21F3N2O. The average molecular weight is 302 g/mol. The minimum atomic E-state index is -4.42. The van der Waals surface area contributed by atoms with E-state index in [4.69, 9.17) is 5.73 Å². The van der Waals surface area contributed by atoms with Gasteiger partial charge in [0.1, 0.15) is 6.54 Å². The van der Waals surface area contributed by atoms with Crippen LogP contribution in [0.25, 0.3) is 0 Å². The van der Waals surface area contributed by atoms with Gasteiger partial charge in [-0.25, -0.2) is 0 Å². The second kappa shape index (κ2) is 7.45. The summed E-state index contributed by atoms with van der Waals surface area (Å²) < 4.78 is 37.7. The van der Waals surface area contributed by atoms with Crippen LogP contribution in [0.4, 0.5) is 13.2 Å². The molecule has 1 rings (SSSR count). The van der Waals surface area contributed by atoms with E-state index < -0.39 is 24.7 Å². The summed E-state index contributed by atoms with van der Waals surface area (Å²) in [7, 11) is 0. The third-order valence-corrected chi connectivity index (χ3v) is 2.88. The lowest BCUT2D eigenvalue weighted by atomic mass is 10.0. The van der Waals surface area contributed by atoms with Crippen LogP contribution in [0, 0.1) is 5.92 Å². The van der Waals surface area contributed by atoms with Crippen molar-refractivity contribution in [2.24, 2.45) is 11.7 Å². The molecule has 0 aliphatic rings. The van der Waals surface area contributed by atoms with Gasteiger partial charge < -0.3 is 10.6 Å². The maximum atomic E-state index is 12.6. The Morgan fingerprint density at radius 1 is 1.24 bits per heavy atom. The van der Waals surface area contributed by atoms with Gasteiger partial charge in [0.05, 0.1) is 6.04 Å². The van der Waals surface area contributed by atoms with Crippen LogP contribution in [0.1, 0.15) is 19.4 Å². The fourth-order valence-electron chi connectivity index (χ4n) is 2.08. The number of nitrogens with zero attached hydrogens (tertiary/aromatic N) is 1. The Bertz CT molecular complexity index is 446. The molecule has 0 saturated carbocycles. The summed E-state index contributed by atoms with van der Waals surface area (Å²) in [6, 6.07) is 8.05. The van der Waals surface area contributed by atoms with Crippen molar-refractivity contribution in [2.75, 3.05) is 13.1 Å². The minimum absolute atomic E-state index is 0.0425. The van der Waals surface area contributed by atoms with E-state index in [1.54, 1.807) is 38.1 Å². The largest absolute Gasteiger partial charge is 0.406 e. The monoisotopic (exact) mass is 302 g/mol. The van der Waals surface area contributed by atoms with Gasteiger partial charge in [-0.15, -0.1) is 0 Å². The van der Waals surface area contributed by atoms with E-state index in [0.29, 0.717) is 0 Å². The Morgan fingerprint density at radius 3 is 2.29 bits per heavy atom. The number of hydrogen-bond donors (Lipinski definition) is 1. The van der Waals surface area contributed by atoms with Gasteiger partial charge in [0.15, 0.2) is 0 Å². The lowest BCUT2D eigenvalue weighted by Crippen LogP contribution is -2.49. The zero-order valence-corrected chi connectivity index (χ0v) is 12.2. The van der Waals surface area contributed by atoms with Gasteiger partial charge in [0.25, 0.3) is 0 Å². The van der Waals surface area contributed by atoms with Crippen LogP contribution in [0.2, 0.25) is 0 Å². The quantitative estimate of drug-likeness (QED) is 0.878. The first-order chi connectivity index (χ1) is 9.69. The highest BCUT2D eigenvalue weighted by Crippen LogP contribution is 2.18. The Labute approximate surface area is 122 Å². The van der Waals surface area contributed by atoms with Crippen LogP contribution >= 0.6 is 0 Å². The molecule has 1 aromatic rings. The number of benzene rings is 1. The van der Waals surface area contributed by atoms with E-state index in [1.807, 2.05) is 6.07 Å². The minimum Gasteiger partial charge on any atom is -0.332 e. The molecule has 0 heterocycles. The Hall–Kier alpha value is -1.56. The van der Waals surface area contributed by atoms with Crippen molar-refractivity contribution in [3.8, 4) is 0 Å². The number of hydrogen-bond acceptors (Lipinski definition) is 2. The van der Waals surface area contributed by atoms with Crippen molar-refractivity contribution in [3.05, 3.63) is 35.9 Å². The van der Waals surface area contributed by atoms with Crippen molar-refractivity contribution in [2.45, 2.75) is 32.5 Å². The molecule has 0 saturated heterocycles. The predicted molar refractivity (Wildman–Crippen MR) is 75.6 cm³/mol. The highest BCUT2D eigenvalue weighted by Gasteiger charge is 2.34. The van der Waals surface area contributed by atoms with Crippen LogP contribution in [-0.2, 0) is 11.2 Å². The molecule has 1 amide bonds. The highest BCUT2D eigenvalue weighted by atomic mass is 19.4. The SMILES string of the molecule is CC(C)CN(CC(F)(F)F)C(=O)[C@@H](N)Cc1ccccc1. The van der Waals surface area contributed by atoms with Gasteiger partial charge >= 0.3 is 6.18 Å². The molecule has 1 atom stereocenters. The second-order valence-corrected chi connectivity index (χ2v) is 5.52. The first-order valence-corrected chi connectivity index (χ1v) is 6.84. The molecule has 21 heavy (non-hydrogen) atoms. The Kier molecular flexibility index (Phi) is 6.20. The number of rotatable bonds is 6. The predicted octanol–water partition coefficient (Wildman–Crippen LogP) is 2.60. The molecular weight excluding hydrogens is 281 g/mol. The van der Waals surface area contributed by atoms with Gasteiger partial charge in [-0.05, 0) is 17.9 Å². The van der Waals surface area contributed by atoms with E-state index in [0.717, 1.165) is 10.5 Å². The summed E-state index contributed by atoms with van der Waals surface area (Å²) in [5.74, 6) is -0.717. The highest BCUT2D eigenvalue weighted by molar-refractivity contribution is 5.82. The van der Waals surface area contributed by atoms with Crippen LogP contribution in [0.3, 0.4) is 0 Å². The molecule has 0 aromatic heterocycles. The Morgan fingerprint density at radius 2 is 1.81 bits per heavy atom. The molecule has 2 N–H and O–H groups in total. The fourth-order valence-corrected chi connectivity index (χ4v) is 2.08. The second-order valence-electron chi connectivity index (χ2n) is 5.52. The third-order valence-electron chi connectivity index (χ3n) is 2.88. The zero-order valence-electron chi connectivity index (χ0n) is 12.2. The van der Waals surface area contributed by atoms with Crippen molar-refractivity contribution in [1.82, 2.24) is 4.90 Å². The molecule has 0 bridgehead atoms. The smallest absolute Gasteiger partial charge is 0.332 e. The number of carbonyl (C=O) groups is 1. The first kappa shape index (κ1) is 17.5. The molecule has 0 radical (unpaired) electrons. The standard InChI is InChI=1S/C15H21F3N2O/c1-11(2)9-20(10-15(16,17)18)14(21)13(19)8-12-6-4-3-5-7-12/h3-7,11,13H,8-10,19H2,1-2H3/t13-/m0/s1. The summed E-state index contributed by atoms with van der Waals surface area (Å²) in [5, 5.41) is 0. The van der Waals surface area contributed by atoms with Gasteiger partial charge in [0.2, 0.25) is 5.91 Å².